The van der Waals surface area contributed by atoms with Gasteiger partial charge in [-0.2, -0.15) is 0 Å². The topological polar surface area (TPSA) is 58.1 Å². The minimum Gasteiger partial charge on any atom is -0.492 e. The lowest BCUT2D eigenvalue weighted by Crippen LogP contribution is -2.45. The Morgan fingerprint density at radius 2 is 2.12 bits per heavy atom. The van der Waals surface area contributed by atoms with Crippen molar-refractivity contribution in [2.24, 2.45) is 4.99 Å². The van der Waals surface area contributed by atoms with E-state index in [1.54, 1.807) is 7.05 Å². The van der Waals surface area contributed by atoms with Gasteiger partial charge in [0.15, 0.2) is 5.96 Å². The predicted octanol–water partition coefficient (Wildman–Crippen LogP) is 1.86. The maximum atomic E-state index is 5.91. The van der Waals surface area contributed by atoms with E-state index in [-0.39, 0.29) is 5.60 Å². The molecule has 2 rings (SSSR count). The first-order valence-corrected chi connectivity index (χ1v) is 8.96. The Bertz CT molecular complexity index is 554. The van der Waals surface area contributed by atoms with Crippen molar-refractivity contribution < 1.29 is 9.47 Å². The van der Waals surface area contributed by atoms with Gasteiger partial charge in [0.1, 0.15) is 12.4 Å². The first-order valence-electron chi connectivity index (χ1n) is 8.96. The highest BCUT2D eigenvalue weighted by atomic mass is 16.5. The van der Waals surface area contributed by atoms with Gasteiger partial charge in [0.2, 0.25) is 0 Å². The fourth-order valence-corrected chi connectivity index (χ4v) is 2.78. The van der Waals surface area contributed by atoms with Crippen molar-refractivity contribution in [3.05, 3.63) is 29.8 Å². The van der Waals surface area contributed by atoms with E-state index in [2.05, 4.69) is 33.5 Å². The van der Waals surface area contributed by atoms with Gasteiger partial charge in [0.05, 0.1) is 5.60 Å². The molecule has 2 N–H and O–H groups in total. The molecule has 1 atom stereocenters. The molecule has 1 aliphatic rings. The Balaban J connectivity index is 1.84. The summed E-state index contributed by atoms with van der Waals surface area (Å²) < 4.78 is 11.7. The van der Waals surface area contributed by atoms with Gasteiger partial charge in [-0.25, -0.2) is 0 Å². The zero-order chi connectivity index (χ0) is 18.1. The first kappa shape index (κ1) is 19.5. The number of nitrogens with zero attached hydrogens (tertiary/aromatic N) is 2. The van der Waals surface area contributed by atoms with E-state index in [9.17, 15) is 0 Å². The van der Waals surface area contributed by atoms with Gasteiger partial charge in [-0.05, 0) is 39.9 Å². The van der Waals surface area contributed by atoms with E-state index >= 15 is 0 Å². The number of hydrogen-bond acceptors (Lipinski definition) is 4. The smallest absolute Gasteiger partial charge is 0.191 e. The highest BCUT2D eigenvalue weighted by molar-refractivity contribution is 5.79. The van der Waals surface area contributed by atoms with Gasteiger partial charge < -0.3 is 25.0 Å². The van der Waals surface area contributed by atoms with Crippen molar-refractivity contribution in [3.8, 4) is 5.75 Å². The maximum Gasteiger partial charge on any atom is 0.191 e. The molecule has 1 saturated heterocycles. The SMILES string of the molecule is CN=C(NCc1ccccc1OCCN(C)C)NCC1(C)CCCO1. The third-order valence-corrected chi connectivity index (χ3v) is 4.37. The summed E-state index contributed by atoms with van der Waals surface area (Å²) in [6.45, 7) is 5.98. The molecule has 0 spiro atoms. The molecule has 0 amide bonds. The summed E-state index contributed by atoms with van der Waals surface area (Å²) in [5, 5.41) is 6.73. The number of hydrogen-bond donors (Lipinski definition) is 2. The Morgan fingerprint density at radius 3 is 2.80 bits per heavy atom. The average Bonchev–Trinajstić information content (AvgIpc) is 3.03. The van der Waals surface area contributed by atoms with Crippen LogP contribution in [0.1, 0.15) is 25.3 Å². The zero-order valence-electron chi connectivity index (χ0n) is 16.0. The molecule has 1 aliphatic heterocycles. The van der Waals surface area contributed by atoms with Crippen LogP contribution >= 0.6 is 0 Å². The van der Waals surface area contributed by atoms with E-state index in [1.165, 1.54) is 0 Å². The lowest BCUT2D eigenvalue weighted by atomic mass is 10.0. The molecule has 140 valence electrons. The van der Waals surface area contributed by atoms with Crippen LogP contribution in [0.2, 0.25) is 0 Å². The van der Waals surface area contributed by atoms with Crippen molar-refractivity contribution in [3.63, 3.8) is 0 Å². The molecular weight excluding hydrogens is 316 g/mol. The summed E-state index contributed by atoms with van der Waals surface area (Å²) in [5.41, 5.74) is 1.03. The van der Waals surface area contributed by atoms with Gasteiger partial charge in [0, 0.05) is 38.9 Å². The second-order valence-electron chi connectivity index (χ2n) is 6.94. The summed E-state index contributed by atoms with van der Waals surface area (Å²) in [5.74, 6) is 1.69. The molecule has 25 heavy (non-hydrogen) atoms. The summed E-state index contributed by atoms with van der Waals surface area (Å²) in [4.78, 5) is 6.41. The molecule has 1 unspecified atom stereocenters. The highest BCUT2D eigenvalue weighted by Crippen LogP contribution is 2.23. The fraction of sp³-hybridized carbons (Fsp3) is 0.632. The molecule has 1 heterocycles. The lowest BCUT2D eigenvalue weighted by Gasteiger charge is -2.24. The van der Waals surface area contributed by atoms with Crippen LogP contribution in [0.5, 0.6) is 5.75 Å². The van der Waals surface area contributed by atoms with E-state index in [1.807, 2.05) is 32.3 Å². The number of benzene rings is 1. The second-order valence-corrected chi connectivity index (χ2v) is 6.94. The molecule has 6 heteroatoms. The molecule has 0 bridgehead atoms. The summed E-state index contributed by atoms with van der Waals surface area (Å²) >= 11 is 0. The minimum absolute atomic E-state index is 0.0924. The van der Waals surface area contributed by atoms with Gasteiger partial charge in [-0.3, -0.25) is 4.99 Å². The van der Waals surface area contributed by atoms with Crippen LogP contribution in [-0.2, 0) is 11.3 Å². The minimum atomic E-state index is -0.0924. The Labute approximate surface area is 151 Å². The van der Waals surface area contributed by atoms with Crippen molar-refractivity contribution >= 4 is 5.96 Å². The molecule has 0 saturated carbocycles. The zero-order valence-corrected chi connectivity index (χ0v) is 16.0. The quantitative estimate of drug-likeness (QED) is 0.555. The summed E-state index contributed by atoms with van der Waals surface area (Å²) in [6.07, 6.45) is 2.21. The largest absolute Gasteiger partial charge is 0.492 e. The van der Waals surface area contributed by atoms with Crippen molar-refractivity contribution in [1.82, 2.24) is 15.5 Å². The van der Waals surface area contributed by atoms with Gasteiger partial charge in [-0.1, -0.05) is 18.2 Å². The normalized spacial score (nSPS) is 20.8. The van der Waals surface area contributed by atoms with Crippen molar-refractivity contribution in [2.75, 3.05) is 47.4 Å². The monoisotopic (exact) mass is 348 g/mol. The van der Waals surface area contributed by atoms with Gasteiger partial charge in [0.25, 0.3) is 0 Å². The van der Waals surface area contributed by atoms with E-state index < -0.39 is 0 Å². The van der Waals surface area contributed by atoms with Crippen LogP contribution in [-0.4, -0.2) is 63.9 Å². The molecule has 0 radical (unpaired) electrons. The Morgan fingerprint density at radius 1 is 1.32 bits per heavy atom. The third kappa shape index (κ3) is 6.55. The van der Waals surface area contributed by atoms with Crippen LogP contribution in [0.15, 0.2) is 29.3 Å². The predicted molar refractivity (Wildman–Crippen MR) is 102 cm³/mol. The van der Waals surface area contributed by atoms with Crippen LogP contribution < -0.4 is 15.4 Å². The van der Waals surface area contributed by atoms with Gasteiger partial charge >= 0.3 is 0 Å². The summed E-state index contributed by atoms with van der Waals surface area (Å²) in [7, 11) is 5.87. The summed E-state index contributed by atoms with van der Waals surface area (Å²) in [6, 6.07) is 8.11. The Kier molecular flexibility index (Phi) is 7.52. The molecule has 0 aliphatic carbocycles. The van der Waals surface area contributed by atoms with E-state index in [0.717, 1.165) is 49.8 Å². The number of likely N-dealkylation sites (N-methyl/N-ethyl adjacent to an activating group) is 1. The molecule has 1 aromatic carbocycles. The maximum absolute atomic E-state index is 5.91. The average molecular weight is 348 g/mol. The molecule has 0 aromatic heterocycles. The molecule has 1 fully saturated rings. The van der Waals surface area contributed by atoms with Gasteiger partial charge in [-0.15, -0.1) is 0 Å². The number of para-hydroxylation sites is 1. The van der Waals surface area contributed by atoms with E-state index in [0.29, 0.717) is 13.2 Å². The third-order valence-electron chi connectivity index (χ3n) is 4.37. The number of ether oxygens (including phenoxy) is 2. The highest BCUT2D eigenvalue weighted by Gasteiger charge is 2.29. The molecule has 6 nitrogen and oxygen atoms in total. The number of rotatable bonds is 8. The standard InChI is InChI=1S/C19H32N4O2/c1-19(10-7-12-25-19)15-22-18(20-2)21-14-16-8-5-6-9-17(16)24-13-11-23(3)4/h5-6,8-9H,7,10-15H2,1-4H3,(H2,20,21,22). The molecule has 1 aromatic rings. The number of guanidine groups is 1. The van der Waals surface area contributed by atoms with Crippen LogP contribution in [0.3, 0.4) is 0 Å². The fourth-order valence-electron chi connectivity index (χ4n) is 2.78. The van der Waals surface area contributed by atoms with Crippen LogP contribution in [0, 0.1) is 0 Å². The first-order chi connectivity index (χ1) is 12.0. The lowest BCUT2D eigenvalue weighted by molar-refractivity contribution is 0.0243. The van der Waals surface area contributed by atoms with E-state index in [4.69, 9.17) is 9.47 Å². The van der Waals surface area contributed by atoms with Crippen LogP contribution in [0.4, 0.5) is 0 Å². The number of nitrogens with one attached hydrogen (secondary N) is 2. The van der Waals surface area contributed by atoms with Crippen molar-refractivity contribution in [2.45, 2.75) is 31.9 Å². The second kappa shape index (κ2) is 9.63. The Hall–Kier alpha value is -1.79. The number of aliphatic imine (C=N–C) groups is 1. The van der Waals surface area contributed by atoms with Crippen molar-refractivity contribution in [1.29, 1.82) is 0 Å². The van der Waals surface area contributed by atoms with Crippen LogP contribution in [0.25, 0.3) is 0 Å². The molecular formula is C19H32N4O2.